The molecule has 202 valence electrons. The maximum absolute atomic E-state index is 13.8. The van der Waals surface area contributed by atoms with Gasteiger partial charge in [0.2, 0.25) is 17.7 Å². The number of nitrogens with one attached hydrogen (secondary N) is 1. The van der Waals surface area contributed by atoms with Gasteiger partial charge in [-0.05, 0) is 38.3 Å². The Labute approximate surface area is 215 Å². The van der Waals surface area contributed by atoms with Crippen molar-refractivity contribution in [1.29, 1.82) is 0 Å². The molecular weight excluding hydrogens is 482 g/mol. The highest BCUT2D eigenvalue weighted by Gasteiger charge is 2.57. The van der Waals surface area contributed by atoms with E-state index in [1.807, 2.05) is 30.3 Å². The molecule has 4 amide bonds. The normalized spacial score (nSPS) is 26.2. The summed E-state index contributed by atoms with van der Waals surface area (Å²) in [7, 11) is 0. The molecule has 4 rings (SSSR count). The van der Waals surface area contributed by atoms with Crippen LogP contribution in [0.25, 0.3) is 0 Å². The summed E-state index contributed by atoms with van der Waals surface area (Å²) in [6.45, 7) is 4.16. The quantitative estimate of drug-likeness (QED) is 0.368. The fraction of sp³-hybridized carbons (Fsp3) is 0.600. The average molecular weight is 518 g/mol. The third-order valence-corrected chi connectivity index (χ3v) is 7.80. The summed E-state index contributed by atoms with van der Waals surface area (Å²) in [5, 5.41) is 19.5. The number of carboxylic acid groups (broad SMARTS) is 1. The number of amides is 4. The molecule has 3 atom stereocenters. The number of nitrogens with zero attached hydrogens (tertiary/aromatic N) is 4. The lowest BCUT2D eigenvalue weighted by molar-refractivity contribution is -0.165. The van der Waals surface area contributed by atoms with Crippen LogP contribution in [0.1, 0.15) is 26.2 Å². The van der Waals surface area contributed by atoms with Gasteiger partial charge in [-0.3, -0.25) is 24.5 Å². The van der Waals surface area contributed by atoms with Crippen molar-refractivity contribution in [1.82, 2.24) is 20.2 Å². The second-order valence-corrected chi connectivity index (χ2v) is 9.94. The van der Waals surface area contributed by atoms with E-state index in [1.54, 1.807) is 15.3 Å². The summed E-state index contributed by atoms with van der Waals surface area (Å²) in [4.78, 5) is 57.8. The molecule has 3 heterocycles. The average Bonchev–Trinajstić information content (AvgIpc) is 3.47. The van der Waals surface area contributed by atoms with Crippen molar-refractivity contribution in [2.24, 2.45) is 5.92 Å². The van der Waals surface area contributed by atoms with E-state index in [9.17, 15) is 29.5 Å². The molecule has 0 unspecified atom stereocenters. The minimum absolute atomic E-state index is 0.0182. The lowest BCUT2D eigenvalue weighted by atomic mass is 9.75. The highest BCUT2D eigenvalue weighted by Crippen LogP contribution is 2.37. The van der Waals surface area contributed by atoms with Crippen LogP contribution in [0, 0.1) is 5.92 Å². The molecule has 3 aliphatic heterocycles. The van der Waals surface area contributed by atoms with Gasteiger partial charge in [0.15, 0.2) is 0 Å². The largest absolute Gasteiger partial charge is 0.465 e. The lowest BCUT2D eigenvalue weighted by Crippen LogP contribution is -2.71. The summed E-state index contributed by atoms with van der Waals surface area (Å²) in [6, 6.07) is 9.79. The van der Waals surface area contributed by atoms with E-state index in [2.05, 4.69) is 4.90 Å². The number of piperidine rings is 1. The van der Waals surface area contributed by atoms with Crippen LogP contribution in [0.5, 0.6) is 0 Å². The second kappa shape index (κ2) is 11.3. The van der Waals surface area contributed by atoms with Crippen LogP contribution < -0.4 is 10.4 Å². The number of piperazine rings is 1. The summed E-state index contributed by atoms with van der Waals surface area (Å²) in [5.41, 5.74) is 0.874. The van der Waals surface area contributed by atoms with Crippen molar-refractivity contribution < 1.29 is 34.2 Å². The van der Waals surface area contributed by atoms with Crippen LogP contribution >= 0.6 is 0 Å². The first-order valence-corrected chi connectivity index (χ1v) is 12.7. The molecule has 37 heavy (non-hydrogen) atoms. The maximum Gasteiger partial charge on any atom is 0.408 e. The zero-order valence-corrected chi connectivity index (χ0v) is 21.0. The van der Waals surface area contributed by atoms with E-state index in [0.29, 0.717) is 39.3 Å². The van der Waals surface area contributed by atoms with Crippen molar-refractivity contribution in [3.05, 3.63) is 30.3 Å². The number of hydrogen-bond donors (Lipinski definition) is 3. The molecule has 0 radical (unpaired) electrons. The Morgan fingerprint density at radius 1 is 1.00 bits per heavy atom. The SMILES string of the molecule is C[C@@]1(C(=O)N2CCN(c3ccccc3)CC2)[C@@H](C(=O)NO)C[C@H](OCC(=O)N2CCCC2)CN1C(=O)O. The summed E-state index contributed by atoms with van der Waals surface area (Å²) in [6.07, 6.45) is -0.327. The molecule has 3 saturated heterocycles. The second-order valence-electron chi connectivity index (χ2n) is 9.94. The number of hydrogen-bond acceptors (Lipinski definition) is 7. The molecular formula is C25H35N5O7. The number of anilines is 1. The standard InChI is InChI=1S/C25H35N5O7/c1-25(23(33)29-13-11-27(12-14-29)18-7-3-2-4-8-18)20(22(32)26-36)15-19(16-30(25)24(34)35)37-17-21(31)28-9-5-6-10-28/h2-4,7-8,19-20,36H,5-6,9-17H2,1H3,(H,26,32)(H,34,35)/t19-,20+,25-/m0/s1. The molecule has 0 spiro atoms. The highest BCUT2D eigenvalue weighted by molar-refractivity contribution is 5.96. The molecule has 3 N–H and O–H groups in total. The lowest BCUT2D eigenvalue weighted by Gasteiger charge is -2.51. The van der Waals surface area contributed by atoms with Crippen molar-refractivity contribution in [2.45, 2.75) is 37.8 Å². The van der Waals surface area contributed by atoms with Gasteiger partial charge in [-0.2, -0.15) is 0 Å². The third-order valence-electron chi connectivity index (χ3n) is 7.80. The molecule has 1 aromatic rings. The molecule has 3 aliphatic rings. The van der Waals surface area contributed by atoms with E-state index < -0.39 is 35.5 Å². The number of hydroxylamine groups is 1. The Hall–Kier alpha value is -3.38. The first kappa shape index (κ1) is 26.7. The molecule has 0 aliphatic carbocycles. The fourth-order valence-corrected chi connectivity index (χ4v) is 5.62. The number of benzene rings is 1. The smallest absolute Gasteiger partial charge is 0.408 e. The van der Waals surface area contributed by atoms with Gasteiger partial charge in [0.05, 0.1) is 18.6 Å². The van der Waals surface area contributed by atoms with Crippen LogP contribution in [0.3, 0.4) is 0 Å². The Kier molecular flexibility index (Phi) is 8.18. The number of ether oxygens (including phenoxy) is 1. The van der Waals surface area contributed by atoms with Crippen molar-refractivity contribution in [3.8, 4) is 0 Å². The van der Waals surface area contributed by atoms with Gasteiger partial charge in [0.1, 0.15) is 12.1 Å². The molecule has 0 aromatic heterocycles. The van der Waals surface area contributed by atoms with Gasteiger partial charge in [-0.25, -0.2) is 10.3 Å². The van der Waals surface area contributed by atoms with Gasteiger partial charge in [0, 0.05) is 45.0 Å². The fourth-order valence-electron chi connectivity index (χ4n) is 5.62. The first-order chi connectivity index (χ1) is 17.8. The third kappa shape index (κ3) is 5.49. The van der Waals surface area contributed by atoms with Crippen LogP contribution in [0.15, 0.2) is 30.3 Å². The van der Waals surface area contributed by atoms with Crippen LogP contribution in [0.2, 0.25) is 0 Å². The summed E-state index contributed by atoms with van der Waals surface area (Å²) >= 11 is 0. The van der Waals surface area contributed by atoms with Crippen LogP contribution in [-0.4, -0.2) is 113 Å². The zero-order chi connectivity index (χ0) is 26.6. The molecule has 3 fully saturated rings. The molecule has 1 aromatic carbocycles. The van der Waals surface area contributed by atoms with E-state index in [0.717, 1.165) is 23.4 Å². The van der Waals surface area contributed by atoms with E-state index in [-0.39, 0.29) is 25.5 Å². The topological polar surface area (TPSA) is 143 Å². The van der Waals surface area contributed by atoms with Crippen molar-refractivity contribution in [3.63, 3.8) is 0 Å². The predicted molar refractivity (Wildman–Crippen MR) is 132 cm³/mol. The van der Waals surface area contributed by atoms with Crippen molar-refractivity contribution >= 4 is 29.5 Å². The molecule has 12 heteroatoms. The van der Waals surface area contributed by atoms with Gasteiger partial charge in [-0.15, -0.1) is 0 Å². The Bertz CT molecular complexity index is 994. The number of rotatable bonds is 6. The Morgan fingerprint density at radius 2 is 1.65 bits per heavy atom. The number of likely N-dealkylation sites (tertiary alicyclic amines) is 2. The van der Waals surface area contributed by atoms with Crippen LogP contribution in [0.4, 0.5) is 10.5 Å². The van der Waals surface area contributed by atoms with Gasteiger partial charge >= 0.3 is 6.09 Å². The zero-order valence-electron chi connectivity index (χ0n) is 21.0. The minimum Gasteiger partial charge on any atom is -0.465 e. The number of carbonyl (C=O) groups is 4. The maximum atomic E-state index is 13.8. The van der Waals surface area contributed by atoms with Crippen molar-refractivity contribution in [2.75, 3.05) is 57.3 Å². The predicted octanol–water partition coefficient (Wildman–Crippen LogP) is 0.607. The molecule has 0 saturated carbocycles. The number of para-hydroxylation sites is 1. The minimum atomic E-state index is -1.76. The summed E-state index contributed by atoms with van der Waals surface area (Å²) in [5.74, 6) is -2.77. The van der Waals surface area contributed by atoms with E-state index >= 15 is 0 Å². The molecule has 12 nitrogen and oxygen atoms in total. The van der Waals surface area contributed by atoms with Gasteiger partial charge in [-0.1, -0.05) is 18.2 Å². The van der Waals surface area contributed by atoms with Gasteiger partial charge < -0.3 is 24.5 Å². The Morgan fingerprint density at radius 3 is 2.24 bits per heavy atom. The summed E-state index contributed by atoms with van der Waals surface area (Å²) < 4.78 is 5.75. The monoisotopic (exact) mass is 517 g/mol. The van der Waals surface area contributed by atoms with E-state index in [4.69, 9.17) is 4.74 Å². The first-order valence-electron chi connectivity index (χ1n) is 12.7. The number of carbonyl (C=O) groups excluding carboxylic acids is 3. The van der Waals surface area contributed by atoms with E-state index in [1.165, 1.54) is 6.92 Å². The van der Waals surface area contributed by atoms with Gasteiger partial charge in [0.25, 0.3) is 0 Å². The Balaban J connectivity index is 1.49. The highest BCUT2D eigenvalue weighted by atomic mass is 16.5. The molecule has 0 bridgehead atoms. The van der Waals surface area contributed by atoms with Crippen LogP contribution in [-0.2, 0) is 19.1 Å².